The van der Waals surface area contributed by atoms with Gasteiger partial charge in [-0.25, -0.2) is 0 Å². The number of benzene rings is 1. The molecule has 2 aromatic rings. The van der Waals surface area contributed by atoms with E-state index < -0.39 is 6.10 Å². The van der Waals surface area contributed by atoms with Crippen LogP contribution in [0.2, 0.25) is 0 Å². The van der Waals surface area contributed by atoms with Gasteiger partial charge in [-0.15, -0.1) is 0 Å². The number of aliphatic hydroxyl groups is 2. The Balaban J connectivity index is 1.46. The van der Waals surface area contributed by atoms with Gasteiger partial charge in [0, 0.05) is 38.3 Å². The molecule has 29 heavy (non-hydrogen) atoms. The monoisotopic (exact) mass is 403 g/mol. The van der Waals surface area contributed by atoms with Crippen molar-refractivity contribution >= 4 is 0 Å². The summed E-state index contributed by atoms with van der Waals surface area (Å²) in [6.45, 7) is 7.94. The first-order valence-corrected chi connectivity index (χ1v) is 10.3. The molecule has 0 radical (unpaired) electrons. The summed E-state index contributed by atoms with van der Waals surface area (Å²) in [5.41, 5.74) is 3.22. The Morgan fingerprint density at radius 1 is 1.28 bits per heavy atom. The Morgan fingerprint density at radius 3 is 2.72 bits per heavy atom. The number of aryl methyl sites for hydroxylation is 2. The SMILES string of the molecule is Cc1noc(C)c1CN(C)Cc1cccc(OCC(O)CN2CCC(O)CC2)c1. The molecular formula is C22H33N3O4. The van der Waals surface area contributed by atoms with Crippen molar-refractivity contribution in [1.82, 2.24) is 15.0 Å². The topological polar surface area (TPSA) is 82.2 Å². The zero-order valence-corrected chi connectivity index (χ0v) is 17.7. The first-order valence-electron chi connectivity index (χ1n) is 10.3. The summed E-state index contributed by atoms with van der Waals surface area (Å²) >= 11 is 0. The summed E-state index contributed by atoms with van der Waals surface area (Å²) < 4.78 is 11.1. The molecule has 1 atom stereocenters. The molecule has 0 bridgehead atoms. The fourth-order valence-electron chi connectivity index (χ4n) is 3.74. The number of β-amino-alcohol motifs (C(OH)–C–C–N with tert-alkyl or cyclic N) is 1. The van der Waals surface area contributed by atoms with Gasteiger partial charge in [-0.1, -0.05) is 17.3 Å². The van der Waals surface area contributed by atoms with Crippen LogP contribution in [-0.4, -0.2) is 70.7 Å². The second kappa shape index (κ2) is 10.2. The van der Waals surface area contributed by atoms with Crippen LogP contribution in [0.4, 0.5) is 0 Å². The number of piperidine rings is 1. The van der Waals surface area contributed by atoms with E-state index >= 15 is 0 Å². The fourth-order valence-corrected chi connectivity index (χ4v) is 3.74. The predicted octanol–water partition coefficient (Wildman–Crippen LogP) is 2.12. The average molecular weight is 404 g/mol. The number of hydrogen-bond acceptors (Lipinski definition) is 7. The van der Waals surface area contributed by atoms with E-state index in [1.54, 1.807) is 0 Å². The average Bonchev–Trinajstić information content (AvgIpc) is 3.00. The van der Waals surface area contributed by atoms with Crippen molar-refractivity contribution in [3.8, 4) is 5.75 Å². The van der Waals surface area contributed by atoms with Gasteiger partial charge in [0.2, 0.25) is 0 Å². The number of hydrogen-bond donors (Lipinski definition) is 2. The highest BCUT2D eigenvalue weighted by atomic mass is 16.5. The number of aromatic nitrogens is 1. The molecule has 1 aromatic carbocycles. The first kappa shape index (κ1) is 21.8. The van der Waals surface area contributed by atoms with Crippen LogP contribution in [0.25, 0.3) is 0 Å². The van der Waals surface area contributed by atoms with Crippen molar-refractivity contribution in [2.75, 3.05) is 33.3 Å². The second-order valence-corrected chi connectivity index (χ2v) is 8.12. The summed E-state index contributed by atoms with van der Waals surface area (Å²) in [5.74, 6) is 1.63. The summed E-state index contributed by atoms with van der Waals surface area (Å²) in [5, 5.41) is 23.9. The van der Waals surface area contributed by atoms with Gasteiger partial charge in [0.25, 0.3) is 0 Å². The summed E-state index contributed by atoms with van der Waals surface area (Å²) in [7, 11) is 2.07. The number of aliphatic hydroxyl groups excluding tert-OH is 2. The molecule has 1 fully saturated rings. The molecule has 1 unspecified atom stereocenters. The van der Waals surface area contributed by atoms with Gasteiger partial charge in [-0.3, -0.25) is 4.90 Å². The van der Waals surface area contributed by atoms with Crippen molar-refractivity contribution in [3.05, 3.63) is 46.8 Å². The summed E-state index contributed by atoms with van der Waals surface area (Å²) in [4.78, 5) is 4.39. The van der Waals surface area contributed by atoms with E-state index in [2.05, 4.69) is 28.1 Å². The van der Waals surface area contributed by atoms with Crippen LogP contribution in [0, 0.1) is 13.8 Å². The van der Waals surface area contributed by atoms with Crippen LogP contribution in [-0.2, 0) is 13.1 Å². The van der Waals surface area contributed by atoms with Crippen molar-refractivity contribution < 1.29 is 19.5 Å². The third-order valence-electron chi connectivity index (χ3n) is 5.43. The number of likely N-dealkylation sites (tertiary alicyclic amines) is 1. The van der Waals surface area contributed by atoms with Crippen LogP contribution < -0.4 is 4.74 Å². The van der Waals surface area contributed by atoms with Gasteiger partial charge >= 0.3 is 0 Å². The third-order valence-corrected chi connectivity index (χ3v) is 5.43. The van der Waals surface area contributed by atoms with E-state index in [-0.39, 0.29) is 12.7 Å². The normalized spacial score (nSPS) is 17.0. The number of nitrogens with zero attached hydrogens (tertiary/aromatic N) is 3. The Hall–Kier alpha value is -1.93. The molecule has 1 aliphatic rings. The molecule has 3 rings (SSSR count). The van der Waals surface area contributed by atoms with Gasteiger partial charge in [0.15, 0.2) is 0 Å². The highest BCUT2D eigenvalue weighted by molar-refractivity contribution is 5.29. The Kier molecular flexibility index (Phi) is 7.66. The van der Waals surface area contributed by atoms with Crippen molar-refractivity contribution in [2.45, 2.75) is 52.0 Å². The summed E-state index contributed by atoms with van der Waals surface area (Å²) in [6.07, 6.45) is 0.808. The standard InChI is InChI=1S/C22H33N3O4/c1-16-22(17(2)29-23-16)14-24(3)12-18-5-4-6-21(11-18)28-15-20(27)13-25-9-7-19(26)8-10-25/h4-6,11,19-20,26-27H,7-10,12-15H2,1-3H3. The minimum atomic E-state index is -0.545. The lowest BCUT2D eigenvalue weighted by atomic mass is 10.1. The number of ether oxygens (including phenoxy) is 1. The molecule has 2 heterocycles. The highest BCUT2D eigenvalue weighted by Crippen LogP contribution is 2.18. The van der Waals surface area contributed by atoms with Gasteiger partial charge < -0.3 is 24.4 Å². The molecule has 0 saturated carbocycles. The highest BCUT2D eigenvalue weighted by Gasteiger charge is 2.19. The van der Waals surface area contributed by atoms with Crippen molar-refractivity contribution in [1.29, 1.82) is 0 Å². The zero-order valence-electron chi connectivity index (χ0n) is 17.7. The van der Waals surface area contributed by atoms with Crippen LogP contribution in [0.15, 0.2) is 28.8 Å². The van der Waals surface area contributed by atoms with Crippen molar-refractivity contribution in [3.63, 3.8) is 0 Å². The molecule has 1 saturated heterocycles. The van der Waals surface area contributed by atoms with Gasteiger partial charge in [0.05, 0.1) is 11.8 Å². The smallest absolute Gasteiger partial charge is 0.138 e. The Labute approximate surface area is 172 Å². The van der Waals surface area contributed by atoms with E-state index in [9.17, 15) is 10.2 Å². The molecule has 160 valence electrons. The zero-order chi connectivity index (χ0) is 20.8. The van der Waals surface area contributed by atoms with E-state index in [1.807, 2.05) is 32.0 Å². The molecule has 0 spiro atoms. The Morgan fingerprint density at radius 2 is 2.03 bits per heavy atom. The predicted molar refractivity (Wildman–Crippen MR) is 111 cm³/mol. The van der Waals surface area contributed by atoms with Crippen LogP contribution in [0.3, 0.4) is 0 Å². The largest absolute Gasteiger partial charge is 0.491 e. The third kappa shape index (κ3) is 6.54. The maximum Gasteiger partial charge on any atom is 0.138 e. The molecule has 2 N–H and O–H groups in total. The molecular weight excluding hydrogens is 370 g/mol. The van der Waals surface area contributed by atoms with Crippen molar-refractivity contribution in [2.24, 2.45) is 0 Å². The minimum Gasteiger partial charge on any atom is -0.491 e. The molecule has 7 heteroatoms. The quantitative estimate of drug-likeness (QED) is 0.664. The van der Waals surface area contributed by atoms with Crippen LogP contribution in [0.1, 0.15) is 35.4 Å². The maximum atomic E-state index is 10.3. The van der Waals surface area contributed by atoms with E-state index in [0.717, 1.165) is 67.4 Å². The van der Waals surface area contributed by atoms with Crippen LogP contribution >= 0.6 is 0 Å². The van der Waals surface area contributed by atoms with Gasteiger partial charge in [0.1, 0.15) is 24.2 Å². The number of rotatable bonds is 9. The van der Waals surface area contributed by atoms with E-state index in [1.165, 1.54) is 0 Å². The minimum absolute atomic E-state index is 0.196. The van der Waals surface area contributed by atoms with Crippen LogP contribution in [0.5, 0.6) is 5.75 Å². The molecule has 0 aliphatic carbocycles. The van der Waals surface area contributed by atoms with Gasteiger partial charge in [-0.2, -0.15) is 0 Å². The molecule has 7 nitrogen and oxygen atoms in total. The lowest BCUT2D eigenvalue weighted by molar-refractivity contribution is 0.0337. The lowest BCUT2D eigenvalue weighted by Gasteiger charge is -2.30. The molecule has 0 amide bonds. The first-order chi connectivity index (χ1) is 13.9. The maximum absolute atomic E-state index is 10.3. The van der Waals surface area contributed by atoms with E-state index in [4.69, 9.17) is 9.26 Å². The summed E-state index contributed by atoms with van der Waals surface area (Å²) in [6, 6.07) is 7.99. The Bertz CT molecular complexity index is 752. The fraction of sp³-hybridized carbons (Fsp3) is 0.591. The lowest BCUT2D eigenvalue weighted by Crippen LogP contribution is -2.41. The second-order valence-electron chi connectivity index (χ2n) is 8.12. The van der Waals surface area contributed by atoms with E-state index in [0.29, 0.717) is 6.54 Å². The molecule has 1 aliphatic heterocycles. The van der Waals surface area contributed by atoms with Gasteiger partial charge in [-0.05, 0) is 51.4 Å². The molecule has 1 aromatic heterocycles.